The molecule has 1 aromatic carbocycles. The van der Waals surface area contributed by atoms with E-state index in [2.05, 4.69) is 10.3 Å². The van der Waals surface area contributed by atoms with E-state index >= 15 is 0 Å². The van der Waals surface area contributed by atoms with Gasteiger partial charge in [0.15, 0.2) is 0 Å². The molecule has 14 heavy (non-hydrogen) atoms. The largest absolute Gasteiger partial charge is 0.273 e. The molecular weight excluding hydrogens is 180 g/mol. The van der Waals surface area contributed by atoms with E-state index in [1.807, 2.05) is 6.07 Å². The highest BCUT2D eigenvalue weighted by atomic mass is 16.2. The zero-order chi connectivity index (χ0) is 10.1. The average Bonchev–Trinajstić information content (AvgIpc) is 2.59. The molecule has 0 aliphatic carbocycles. The summed E-state index contributed by atoms with van der Waals surface area (Å²) in [6, 6.07) is 6.90. The molecular formula is C9H6N4O. The van der Waals surface area contributed by atoms with E-state index in [-0.39, 0.29) is 5.91 Å². The van der Waals surface area contributed by atoms with E-state index in [1.165, 1.54) is 11.6 Å². The van der Waals surface area contributed by atoms with Crippen LogP contribution in [0.4, 0.5) is 0 Å². The van der Waals surface area contributed by atoms with Crippen LogP contribution in [0.25, 0.3) is 11.0 Å². The topological polar surface area (TPSA) is 71.6 Å². The Balaban J connectivity index is 2.77. The van der Waals surface area contributed by atoms with E-state index in [1.54, 1.807) is 18.2 Å². The molecule has 0 aliphatic rings. The van der Waals surface area contributed by atoms with Crippen LogP contribution in [0.1, 0.15) is 17.3 Å². The van der Waals surface area contributed by atoms with Crippen LogP contribution in [-0.4, -0.2) is 20.9 Å². The summed E-state index contributed by atoms with van der Waals surface area (Å²) in [5.41, 5.74) is 1.66. The lowest BCUT2D eigenvalue weighted by Crippen LogP contribution is -2.07. The van der Waals surface area contributed by atoms with Crippen molar-refractivity contribution in [2.75, 3.05) is 0 Å². The molecule has 2 aromatic rings. The Bertz CT molecular complexity index is 549. The van der Waals surface area contributed by atoms with Gasteiger partial charge in [0, 0.05) is 6.92 Å². The summed E-state index contributed by atoms with van der Waals surface area (Å²) < 4.78 is 1.18. The second-order valence-corrected chi connectivity index (χ2v) is 2.84. The third kappa shape index (κ3) is 1.13. The van der Waals surface area contributed by atoms with Gasteiger partial charge in [-0.25, -0.2) is 0 Å². The molecule has 0 radical (unpaired) electrons. The van der Waals surface area contributed by atoms with Crippen molar-refractivity contribution < 1.29 is 4.79 Å². The summed E-state index contributed by atoms with van der Waals surface area (Å²) in [6.07, 6.45) is 0. The van der Waals surface area contributed by atoms with E-state index in [0.717, 1.165) is 0 Å². The van der Waals surface area contributed by atoms with Crippen molar-refractivity contribution in [3.8, 4) is 6.07 Å². The minimum atomic E-state index is -0.220. The first-order chi connectivity index (χ1) is 6.72. The number of carbonyl (C=O) groups excluding carboxylic acids is 1. The van der Waals surface area contributed by atoms with Crippen LogP contribution < -0.4 is 0 Å². The predicted octanol–water partition coefficient (Wildman–Crippen LogP) is 0.963. The summed E-state index contributed by atoms with van der Waals surface area (Å²) in [6.45, 7) is 1.40. The third-order valence-corrected chi connectivity index (χ3v) is 1.87. The lowest BCUT2D eigenvalue weighted by Gasteiger charge is -1.94. The third-order valence-electron chi connectivity index (χ3n) is 1.87. The van der Waals surface area contributed by atoms with Gasteiger partial charge in [-0.05, 0) is 18.2 Å². The van der Waals surface area contributed by atoms with Crippen LogP contribution in [0, 0.1) is 11.3 Å². The van der Waals surface area contributed by atoms with Crippen molar-refractivity contribution in [1.29, 1.82) is 5.26 Å². The van der Waals surface area contributed by atoms with Crippen molar-refractivity contribution >= 4 is 16.9 Å². The zero-order valence-electron chi connectivity index (χ0n) is 7.43. The molecule has 5 heteroatoms. The summed E-state index contributed by atoms with van der Waals surface area (Å²) in [5, 5.41) is 16.2. The summed E-state index contributed by atoms with van der Waals surface area (Å²) in [5.74, 6) is -0.220. The average molecular weight is 186 g/mol. The maximum absolute atomic E-state index is 11.1. The molecule has 1 heterocycles. The number of hydrogen-bond acceptors (Lipinski definition) is 4. The van der Waals surface area contributed by atoms with E-state index < -0.39 is 0 Å². The van der Waals surface area contributed by atoms with Crippen LogP contribution >= 0.6 is 0 Å². The first-order valence-electron chi connectivity index (χ1n) is 3.99. The van der Waals surface area contributed by atoms with Gasteiger partial charge < -0.3 is 0 Å². The summed E-state index contributed by atoms with van der Waals surface area (Å²) >= 11 is 0. The lowest BCUT2D eigenvalue weighted by atomic mass is 10.2. The standard InChI is InChI=1S/C9H6N4O/c1-6(14)13-9-4-7(5-10)2-3-8(9)11-12-13/h2-4H,1H3. The molecule has 0 atom stereocenters. The van der Waals surface area contributed by atoms with Crippen LogP contribution in [-0.2, 0) is 0 Å². The first-order valence-corrected chi connectivity index (χ1v) is 3.99. The van der Waals surface area contributed by atoms with E-state index in [0.29, 0.717) is 16.6 Å². The number of aromatic nitrogens is 3. The number of fused-ring (bicyclic) bond motifs is 1. The normalized spacial score (nSPS) is 10.0. The van der Waals surface area contributed by atoms with E-state index in [4.69, 9.17) is 5.26 Å². The van der Waals surface area contributed by atoms with Crippen molar-refractivity contribution in [1.82, 2.24) is 15.0 Å². The van der Waals surface area contributed by atoms with Gasteiger partial charge in [-0.2, -0.15) is 9.94 Å². The molecule has 5 nitrogen and oxygen atoms in total. The molecule has 0 bridgehead atoms. The van der Waals surface area contributed by atoms with Crippen molar-refractivity contribution in [3.63, 3.8) is 0 Å². The summed E-state index contributed by atoms with van der Waals surface area (Å²) in [7, 11) is 0. The molecule has 0 aliphatic heterocycles. The number of benzene rings is 1. The molecule has 0 fully saturated rings. The Kier molecular flexibility index (Phi) is 1.75. The zero-order valence-corrected chi connectivity index (χ0v) is 7.43. The maximum atomic E-state index is 11.1. The Morgan fingerprint density at radius 3 is 3.00 bits per heavy atom. The smallest absolute Gasteiger partial charge is 0.245 e. The molecule has 1 aromatic heterocycles. The molecule has 0 spiro atoms. The SMILES string of the molecule is CC(=O)n1nnc2ccc(C#N)cc21. The van der Waals surface area contributed by atoms with Gasteiger partial charge in [0.05, 0.1) is 17.1 Å². The highest BCUT2D eigenvalue weighted by Crippen LogP contribution is 2.12. The monoisotopic (exact) mass is 186 g/mol. The van der Waals surface area contributed by atoms with Crippen molar-refractivity contribution in [2.45, 2.75) is 6.92 Å². The lowest BCUT2D eigenvalue weighted by molar-refractivity contribution is 0.0924. The number of carbonyl (C=O) groups is 1. The van der Waals surface area contributed by atoms with Crippen molar-refractivity contribution in [2.24, 2.45) is 0 Å². The van der Waals surface area contributed by atoms with Gasteiger partial charge in [0.1, 0.15) is 5.52 Å². The quantitative estimate of drug-likeness (QED) is 0.614. The van der Waals surface area contributed by atoms with Crippen molar-refractivity contribution in [3.05, 3.63) is 23.8 Å². The highest BCUT2D eigenvalue weighted by molar-refractivity contribution is 5.88. The number of nitrogens with zero attached hydrogens (tertiary/aromatic N) is 4. The second-order valence-electron chi connectivity index (χ2n) is 2.84. The molecule has 68 valence electrons. The predicted molar refractivity (Wildman–Crippen MR) is 48.5 cm³/mol. The maximum Gasteiger partial charge on any atom is 0.245 e. The fraction of sp³-hybridized carbons (Fsp3) is 0.111. The number of rotatable bonds is 0. The molecule has 0 amide bonds. The number of hydrogen-bond donors (Lipinski definition) is 0. The van der Waals surface area contributed by atoms with Crippen LogP contribution in [0.15, 0.2) is 18.2 Å². The second kappa shape index (κ2) is 2.92. The minimum absolute atomic E-state index is 0.220. The summed E-state index contributed by atoms with van der Waals surface area (Å²) in [4.78, 5) is 11.1. The Hall–Kier alpha value is -2.22. The molecule has 0 saturated heterocycles. The first kappa shape index (κ1) is 8.38. The molecule has 0 unspecified atom stereocenters. The van der Waals surface area contributed by atoms with E-state index in [9.17, 15) is 4.79 Å². The Morgan fingerprint density at radius 2 is 2.36 bits per heavy atom. The molecule has 0 N–H and O–H groups in total. The van der Waals surface area contributed by atoms with Gasteiger partial charge in [-0.15, -0.1) is 5.10 Å². The fourth-order valence-corrected chi connectivity index (χ4v) is 1.22. The Labute approximate surface area is 79.6 Å². The van der Waals surface area contributed by atoms with Gasteiger partial charge in [-0.1, -0.05) is 5.21 Å². The van der Waals surface area contributed by atoms with Gasteiger partial charge in [0.2, 0.25) is 5.91 Å². The molecule has 2 rings (SSSR count). The van der Waals surface area contributed by atoms with Crippen LogP contribution in [0.3, 0.4) is 0 Å². The number of nitriles is 1. The fourth-order valence-electron chi connectivity index (χ4n) is 1.22. The van der Waals surface area contributed by atoms with Crippen LogP contribution in [0.5, 0.6) is 0 Å². The van der Waals surface area contributed by atoms with Gasteiger partial charge >= 0.3 is 0 Å². The van der Waals surface area contributed by atoms with Crippen LogP contribution in [0.2, 0.25) is 0 Å². The van der Waals surface area contributed by atoms with Gasteiger partial charge in [0.25, 0.3) is 0 Å². The minimum Gasteiger partial charge on any atom is -0.273 e. The van der Waals surface area contributed by atoms with Gasteiger partial charge in [-0.3, -0.25) is 4.79 Å². The highest BCUT2D eigenvalue weighted by Gasteiger charge is 2.07. The molecule has 0 saturated carbocycles. The Morgan fingerprint density at radius 1 is 1.57 bits per heavy atom.